The zero-order valence-corrected chi connectivity index (χ0v) is 10.8. The number of methoxy groups -OCH3 is 1. The number of esters is 1. The van der Waals surface area contributed by atoms with Gasteiger partial charge < -0.3 is 14.4 Å². The molecule has 6 nitrogen and oxygen atoms in total. The molecule has 19 heavy (non-hydrogen) atoms. The van der Waals surface area contributed by atoms with Gasteiger partial charge in [0.1, 0.15) is 5.71 Å². The van der Waals surface area contributed by atoms with Crippen molar-refractivity contribution in [2.45, 2.75) is 19.3 Å². The molecule has 0 aromatic carbocycles. The Labute approximate surface area is 109 Å². The third kappa shape index (κ3) is 5.29. The highest BCUT2D eigenvalue weighted by molar-refractivity contribution is 6.38. The molecule has 1 fully saturated rings. The van der Waals surface area contributed by atoms with E-state index in [1.807, 2.05) is 0 Å². The molecule has 0 saturated carbocycles. The number of carbonyl (C=O) groups is 2. The van der Waals surface area contributed by atoms with Crippen molar-refractivity contribution in [3.8, 4) is 0 Å². The van der Waals surface area contributed by atoms with Gasteiger partial charge in [-0.1, -0.05) is 0 Å². The van der Waals surface area contributed by atoms with Crippen LogP contribution in [0.2, 0.25) is 0 Å². The minimum absolute atomic E-state index is 0.319. The first-order valence-electron chi connectivity index (χ1n) is 5.74. The maximum absolute atomic E-state index is 12.9. The zero-order valence-electron chi connectivity index (χ0n) is 10.8. The molecule has 1 saturated heterocycles. The zero-order chi connectivity index (χ0) is 14.5. The number of hydrogen-bond acceptors (Lipinski definition) is 4. The molecule has 0 unspecified atom stereocenters. The molecular weight excluding hydrogens is 262 g/mol. The molecule has 2 amide bonds. The summed E-state index contributed by atoms with van der Waals surface area (Å²) in [6.07, 6.45) is -0.935. The topological polar surface area (TPSA) is 68.2 Å². The van der Waals surface area contributed by atoms with Crippen LogP contribution in [0.25, 0.3) is 0 Å². The first kappa shape index (κ1) is 15.5. The minimum Gasteiger partial charge on any atom is -0.465 e. The van der Waals surface area contributed by atoms with E-state index >= 15 is 0 Å². The van der Waals surface area contributed by atoms with Gasteiger partial charge in [-0.05, 0) is 6.92 Å². The average Bonchev–Trinajstić information content (AvgIpc) is 2.36. The van der Waals surface area contributed by atoms with E-state index in [-0.39, 0.29) is 0 Å². The van der Waals surface area contributed by atoms with Crippen LogP contribution in [-0.2, 0) is 14.3 Å². The number of alkyl halides is 2. The third-order valence-corrected chi connectivity index (χ3v) is 2.41. The molecule has 1 heterocycles. The van der Waals surface area contributed by atoms with Crippen LogP contribution in [0.1, 0.15) is 13.3 Å². The number of aliphatic imine (C=N–C) groups is 1. The van der Waals surface area contributed by atoms with Gasteiger partial charge in [-0.3, -0.25) is 0 Å². The van der Waals surface area contributed by atoms with E-state index in [1.54, 1.807) is 0 Å². The third-order valence-electron chi connectivity index (χ3n) is 2.41. The molecule has 1 aliphatic heterocycles. The molecule has 0 aromatic heterocycles. The van der Waals surface area contributed by atoms with Gasteiger partial charge in [0.2, 0.25) is 0 Å². The summed E-state index contributed by atoms with van der Waals surface area (Å²) in [7, 11) is 1.05. The molecule has 108 valence electrons. The van der Waals surface area contributed by atoms with Crippen LogP contribution in [-0.4, -0.2) is 61.9 Å². The second-order valence-electron chi connectivity index (χ2n) is 4.18. The Morgan fingerprint density at radius 1 is 1.37 bits per heavy atom. The Morgan fingerprint density at radius 3 is 2.42 bits per heavy atom. The van der Waals surface area contributed by atoms with Gasteiger partial charge in [0.25, 0.3) is 5.92 Å². The quantitative estimate of drug-likeness (QED) is 0.572. The predicted molar refractivity (Wildman–Crippen MR) is 62.5 cm³/mol. The Bertz CT molecular complexity index is 373. The normalized spacial score (nSPS) is 17.3. The van der Waals surface area contributed by atoms with Crippen molar-refractivity contribution in [1.82, 2.24) is 4.90 Å². The van der Waals surface area contributed by atoms with Crippen molar-refractivity contribution in [1.29, 1.82) is 0 Å². The van der Waals surface area contributed by atoms with Crippen molar-refractivity contribution < 1.29 is 27.8 Å². The summed E-state index contributed by atoms with van der Waals surface area (Å²) in [5, 5.41) is 0. The molecule has 0 spiro atoms. The van der Waals surface area contributed by atoms with Gasteiger partial charge in [-0.2, -0.15) is 4.99 Å². The van der Waals surface area contributed by atoms with Crippen LogP contribution in [0.5, 0.6) is 0 Å². The molecule has 0 aromatic rings. The molecule has 0 N–H and O–H groups in total. The van der Waals surface area contributed by atoms with Crippen molar-refractivity contribution in [3.05, 3.63) is 0 Å². The second kappa shape index (κ2) is 6.55. The summed E-state index contributed by atoms with van der Waals surface area (Å²) >= 11 is 0. The van der Waals surface area contributed by atoms with Gasteiger partial charge >= 0.3 is 12.0 Å². The molecule has 1 aliphatic rings. The van der Waals surface area contributed by atoms with E-state index in [2.05, 4.69) is 9.73 Å². The fourth-order valence-electron chi connectivity index (χ4n) is 1.51. The smallest absolute Gasteiger partial charge is 0.352 e. The minimum atomic E-state index is -3.14. The highest BCUT2D eigenvalue weighted by Crippen LogP contribution is 2.18. The maximum Gasteiger partial charge on any atom is 0.352 e. The lowest BCUT2D eigenvalue weighted by Crippen LogP contribution is -2.40. The van der Waals surface area contributed by atoms with E-state index in [0.717, 1.165) is 7.11 Å². The van der Waals surface area contributed by atoms with Gasteiger partial charge in [0.15, 0.2) is 0 Å². The lowest BCUT2D eigenvalue weighted by atomic mass is 10.2. The number of halogens is 2. The number of ether oxygens (including phenoxy) is 2. The predicted octanol–water partition coefficient (Wildman–Crippen LogP) is 1.10. The van der Waals surface area contributed by atoms with Gasteiger partial charge in [0.05, 0.1) is 26.7 Å². The second-order valence-corrected chi connectivity index (χ2v) is 4.18. The van der Waals surface area contributed by atoms with Crippen molar-refractivity contribution in [2.75, 3.05) is 33.4 Å². The first-order valence-corrected chi connectivity index (χ1v) is 5.74. The van der Waals surface area contributed by atoms with Crippen LogP contribution in [0.3, 0.4) is 0 Å². The summed E-state index contributed by atoms with van der Waals surface area (Å²) in [5.74, 6) is -4.17. The fraction of sp³-hybridized carbons (Fsp3) is 0.727. The lowest BCUT2D eigenvalue weighted by Gasteiger charge is -2.25. The Morgan fingerprint density at radius 2 is 1.95 bits per heavy atom. The van der Waals surface area contributed by atoms with E-state index in [1.165, 1.54) is 4.90 Å². The molecule has 0 aliphatic carbocycles. The number of carbonyl (C=O) groups excluding carboxylic acids is 2. The van der Waals surface area contributed by atoms with Gasteiger partial charge in [-0.25, -0.2) is 18.4 Å². The fourth-order valence-corrected chi connectivity index (χ4v) is 1.51. The van der Waals surface area contributed by atoms with E-state index < -0.39 is 30.1 Å². The standard InChI is InChI=1S/C11H16F2N2O4/c1-11(12,13)7-8(9(16)18-2)14-10(17)15-3-5-19-6-4-15/h3-7H2,1-2H3. The number of hydrogen-bond donors (Lipinski definition) is 0. The molecule has 8 heteroatoms. The largest absolute Gasteiger partial charge is 0.465 e. The van der Waals surface area contributed by atoms with E-state index in [9.17, 15) is 18.4 Å². The van der Waals surface area contributed by atoms with Crippen LogP contribution in [0, 0.1) is 0 Å². The monoisotopic (exact) mass is 278 g/mol. The van der Waals surface area contributed by atoms with Crippen molar-refractivity contribution in [2.24, 2.45) is 4.99 Å². The number of rotatable bonds is 3. The van der Waals surface area contributed by atoms with Crippen LogP contribution in [0.15, 0.2) is 4.99 Å². The van der Waals surface area contributed by atoms with Gasteiger partial charge in [-0.15, -0.1) is 0 Å². The number of nitrogens with zero attached hydrogens (tertiary/aromatic N) is 2. The van der Waals surface area contributed by atoms with Crippen LogP contribution >= 0.6 is 0 Å². The molecule has 0 atom stereocenters. The van der Waals surface area contributed by atoms with E-state index in [0.29, 0.717) is 33.2 Å². The number of urea groups is 1. The summed E-state index contributed by atoms with van der Waals surface area (Å²) in [4.78, 5) is 27.9. The maximum atomic E-state index is 12.9. The van der Waals surface area contributed by atoms with Crippen LogP contribution < -0.4 is 0 Å². The van der Waals surface area contributed by atoms with Crippen LogP contribution in [0.4, 0.5) is 13.6 Å². The summed E-state index contributed by atoms with van der Waals surface area (Å²) in [5.41, 5.74) is -0.577. The van der Waals surface area contributed by atoms with Crippen molar-refractivity contribution >= 4 is 17.7 Å². The Balaban J connectivity index is 2.80. The summed E-state index contributed by atoms with van der Waals surface area (Å²) in [6, 6.07) is -0.729. The molecular formula is C11H16F2N2O4. The molecule has 1 rings (SSSR count). The van der Waals surface area contributed by atoms with E-state index in [4.69, 9.17) is 4.74 Å². The first-order chi connectivity index (χ1) is 8.83. The SMILES string of the molecule is COC(=O)C(CC(C)(F)F)=NC(=O)N1CCOCC1. The Hall–Kier alpha value is -1.57. The summed E-state index contributed by atoms with van der Waals surface area (Å²) in [6.45, 7) is 2.00. The molecule has 0 bridgehead atoms. The highest BCUT2D eigenvalue weighted by Gasteiger charge is 2.29. The van der Waals surface area contributed by atoms with Crippen molar-refractivity contribution in [3.63, 3.8) is 0 Å². The highest BCUT2D eigenvalue weighted by atomic mass is 19.3. The molecule has 0 radical (unpaired) electrons. The average molecular weight is 278 g/mol. The number of amides is 2. The number of morpholine rings is 1. The summed E-state index contributed by atoms with van der Waals surface area (Å²) < 4.78 is 35.3. The van der Waals surface area contributed by atoms with Gasteiger partial charge in [0, 0.05) is 13.1 Å². The lowest BCUT2D eigenvalue weighted by molar-refractivity contribution is -0.133. The Kier molecular flexibility index (Phi) is 5.34.